The van der Waals surface area contributed by atoms with Crippen LogP contribution >= 0.6 is 11.6 Å². The number of nitrogens with one attached hydrogen (secondary N) is 1. The molecule has 1 aromatic heterocycles. The van der Waals surface area contributed by atoms with E-state index in [-0.39, 0.29) is 6.04 Å². The summed E-state index contributed by atoms with van der Waals surface area (Å²) < 4.78 is 10.5. The van der Waals surface area contributed by atoms with Gasteiger partial charge in [-0.2, -0.15) is 0 Å². The average molecular weight is 293 g/mol. The fourth-order valence-electron chi connectivity index (χ4n) is 1.90. The van der Waals surface area contributed by atoms with Gasteiger partial charge in [-0.05, 0) is 36.8 Å². The molecule has 0 aliphatic carbocycles. The van der Waals surface area contributed by atoms with E-state index in [1.54, 1.807) is 32.5 Å². The lowest BCUT2D eigenvalue weighted by Crippen LogP contribution is -2.08. The van der Waals surface area contributed by atoms with E-state index in [1.165, 1.54) is 0 Å². The first-order chi connectivity index (χ1) is 9.65. The van der Waals surface area contributed by atoms with Crippen LogP contribution in [-0.4, -0.2) is 19.2 Å². The first-order valence-corrected chi connectivity index (χ1v) is 6.62. The molecule has 4 nitrogen and oxygen atoms in total. The molecule has 0 aliphatic heterocycles. The van der Waals surface area contributed by atoms with Gasteiger partial charge in [0.05, 0.1) is 25.3 Å². The van der Waals surface area contributed by atoms with E-state index in [0.29, 0.717) is 22.3 Å². The third-order valence-corrected chi connectivity index (χ3v) is 3.32. The number of pyridine rings is 1. The molecule has 1 heterocycles. The fourth-order valence-corrected chi connectivity index (χ4v) is 2.08. The van der Waals surface area contributed by atoms with Crippen molar-refractivity contribution in [2.24, 2.45) is 0 Å². The maximum Gasteiger partial charge on any atom is 0.161 e. The smallest absolute Gasteiger partial charge is 0.161 e. The highest BCUT2D eigenvalue weighted by Crippen LogP contribution is 2.31. The van der Waals surface area contributed by atoms with Crippen LogP contribution in [0.2, 0.25) is 5.02 Å². The fraction of sp³-hybridized carbons (Fsp3) is 0.267. The van der Waals surface area contributed by atoms with Crippen molar-refractivity contribution in [2.75, 3.05) is 19.5 Å². The summed E-state index contributed by atoms with van der Waals surface area (Å²) >= 11 is 6.09. The molecule has 106 valence electrons. The standard InChI is InChI=1S/C15H17ClN2O2/c1-10(18-15-12(16)5-4-8-17-15)11-6-7-13(19-2)14(9-11)20-3/h4-10H,1-3H3,(H,17,18). The number of halogens is 1. The van der Waals surface area contributed by atoms with Gasteiger partial charge < -0.3 is 14.8 Å². The van der Waals surface area contributed by atoms with E-state index in [0.717, 1.165) is 5.56 Å². The molecule has 1 atom stereocenters. The van der Waals surface area contributed by atoms with E-state index >= 15 is 0 Å². The Labute approximate surface area is 123 Å². The lowest BCUT2D eigenvalue weighted by molar-refractivity contribution is 0.354. The van der Waals surface area contributed by atoms with Crippen LogP contribution in [0, 0.1) is 0 Å². The van der Waals surface area contributed by atoms with Gasteiger partial charge in [0.2, 0.25) is 0 Å². The summed E-state index contributed by atoms with van der Waals surface area (Å²) in [7, 11) is 3.24. The highest BCUT2D eigenvalue weighted by molar-refractivity contribution is 6.32. The molecule has 0 aliphatic rings. The number of aromatic nitrogens is 1. The Morgan fingerprint density at radius 1 is 1.15 bits per heavy atom. The zero-order chi connectivity index (χ0) is 14.5. The number of ether oxygens (including phenoxy) is 2. The third kappa shape index (κ3) is 3.14. The molecule has 1 unspecified atom stereocenters. The SMILES string of the molecule is COc1ccc(C(C)Nc2ncccc2Cl)cc1OC. The van der Waals surface area contributed by atoms with Crippen molar-refractivity contribution >= 4 is 17.4 Å². The first-order valence-electron chi connectivity index (χ1n) is 6.24. The summed E-state index contributed by atoms with van der Waals surface area (Å²) in [4.78, 5) is 4.22. The van der Waals surface area contributed by atoms with Gasteiger partial charge in [-0.15, -0.1) is 0 Å². The molecular weight excluding hydrogens is 276 g/mol. The number of nitrogens with zero attached hydrogens (tertiary/aromatic N) is 1. The van der Waals surface area contributed by atoms with Crippen LogP contribution in [0.15, 0.2) is 36.5 Å². The predicted molar refractivity (Wildman–Crippen MR) is 80.8 cm³/mol. The largest absolute Gasteiger partial charge is 0.493 e. The van der Waals surface area contributed by atoms with Crippen LogP contribution < -0.4 is 14.8 Å². The number of hydrogen-bond acceptors (Lipinski definition) is 4. The molecule has 1 aromatic carbocycles. The van der Waals surface area contributed by atoms with Gasteiger partial charge in [-0.1, -0.05) is 17.7 Å². The van der Waals surface area contributed by atoms with Crippen molar-refractivity contribution in [3.05, 3.63) is 47.1 Å². The molecule has 1 N–H and O–H groups in total. The average Bonchev–Trinajstić information content (AvgIpc) is 2.48. The Morgan fingerprint density at radius 2 is 1.90 bits per heavy atom. The normalized spacial score (nSPS) is 11.8. The number of hydrogen-bond donors (Lipinski definition) is 1. The number of benzene rings is 1. The Bertz CT molecular complexity index is 590. The monoisotopic (exact) mass is 292 g/mol. The molecule has 0 saturated carbocycles. The number of anilines is 1. The van der Waals surface area contributed by atoms with Crippen molar-refractivity contribution < 1.29 is 9.47 Å². The Hall–Kier alpha value is -1.94. The maximum absolute atomic E-state index is 6.09. The zero-order valence-electron chi connectivity index (χ0n) is 11.7. The van der Waals surface area contributed by atoms with Crippen molar-refractivity contribution in [2.45, 2.75) is 13.0 Å². The van der Waals surface area contributed by atoms with E-state index < -0.39 is 0 Å². The maximum atomic E-state index is 6.09. The summed E-state index contributed by atoms with van der Waals surface area (Å²) in [6.45, 7) is 2.03. The van der Waals surface area contributed by atoms with Gasteiger partial charge in [-0.25, -0.2) is 4.98 Å². The Morgan fingerprint density at radius 3 is 2.55 bits per heavy atom. The summed E-state index contributed by atoms with van der Waals surface area (Å²) in [6, 6.07) is 9.45. The minimum absolute atomic E-state index is 0.0437. The van der Waals surface area contributed by atoms with E-state index in [4.69, 9.17) is 21.1 Å². The van der Waals surface area contributed by atoms with Gasteiger partial charge in [0.25, 0.3) is 0 Å². The minimum atomic E-state index is 0.0437. The van der Waals surface area contributed by atoms with Gasteiger partial charge in [0, 0.05) is 6.20 Å². The summed E-state index contributed by atoms with van der Waals surface area (Å²) in [5, 5.41) is 3.87. The second-order valence-electron chi connectivity index (χ2n) is 4.31. The van der Waals surface area contributed by atoms with Crippen LogP contribution in [0.25, 0.3) is 0 Å². The quantitative estimate of drug-likeness (QED) is 0.907. The van der Waals surface area contributed by atoms with Gasteiger partial charge in [0.1, 0.15) is 5.82 Å². The molecule has 2 aromatic rings. The molecule has 2 rings (SSSR count). The second kappa shape index (κ2) is 6.48. The zero-order valence-corrected chi connectivity index (χ0v) is 12.4. The molecule has 0 fully saturated rings. The molecule has 0 saturated heterocycles. The highest BCUT2D eigenvalue weighted by Gasteiger charge is 2.11. The minimum Gasteiger partial charge on any atom is -0.493 e. The highest BCUT2D eigenvalue weighted by atomic mass is 35.5. The van der Waals surface area contributed by atoms with E-state index in [2.05, 4.69) is 10.3 Å². The first kappa shape index (κ1) is 14.5. The van der Waals surface area contributed by atoms with Crippen LogP contribution in [0.3, 0.4) is 0 Å². The van der Waals surface area contributed by atoms with E-state index in [1.807, 2.05) is 25.1 Å². The summed E-state index contributed by atoms with van der Waals surface area (Å²) in [6.07, 6.45) is 1.70. The van der Waals surface area contributed by atoms with Crippen LogP contribution in [-0.2, 0) is 0 Å². The molecule has 5 heteroatoms. The summed E-state index contributed by atoms with van der Waals surface area (Å²) in [5.74, 6) is 2.07. The molecular formula is C15H17ClN2O2. The topological polar surface area (TPSA) is 43.4 Å². The van der Waals surface area contributed by atoms with Crippen molar-refractivity contribution in [3.63, 3.8) is 0 Å². The van der Waals surface area contributed by atoms with Crippen molar-refractivity contribution in [1.29, 1.82) is 0 Å². The molecule has 20 heavy (non-hydrogen) atoms. The predicted octanol–water partition coefficient (Wildman–Crippen LogP) is 3.93. The summed E-state index contributed by atoms with van der Waals surface area (Å²) in [5.41, 5.74) is 1.06. The molecule has 0 bridgehead atoms. The van der Waals surface area contributed by atoms with Gasteiger partial charge in [-0.3, -0.25) is 0 Å². The second-order valence-corrected chi connectivity index (χ2v) is 4.72. The number of rotatable bonds is 5. The molecule has 0 spiro atoms. The molecule has 0 radical (unpaired) electrons. The van der Waals surface area contributed by atoms with Crippen molar-refractivity contribution in [3.8, 4) is 11.5 Å². The number of methoxy groups -OCH3 is 2. The Balaban J connectivity index is 2.21. The lowest BCUT2D eigenvalue weighted by Gasteiger charge is -2.17. The van der Waals surface area contributed by atoms with Crippen LogP contribution in [0.5, 0.6) is 11.5 Å². The Kier molecular flexibility index (Phi) is 4.69. The molecule has 0 amide bonds. The van der Waals surface area contributed by atoms with Gasteiger partial charge in [0.15, 0.2) is 11.5 Å². The van der Waals surface area contributed by atoms with E-state index in [9.17, 15) is 0 Å². The van der Waals surface area contributed by atoms with Crippen LogP contribution in [0.1, 0.15) is 18.5 Å². The third-order valence-electron chi connectivity index (χ3n) is 3.02. The van der Waals surface area contributed by atoms with Crippen LogP contribution in [0.4, 0.5) is 5.82 Å². The van der Waals surface area contributed by atoms with Gasteiger partial charge >= 0.3 is 0 Å². The van der Waals surface area contributed by atoms with Crippen molar-refractivity contribution in [1.82, 2.24) is 4.98 Å². The lowest BCUT2D eigenvalue weighted by atomic mass is 10.1.